The summed E-state index contributed by atoms with van der Waals surface area (Å²) in [4.78, 5) is 27.9. The van der Waals surface area contributed by atoms with E-state index in [-0.39, 0.29) is 5.69 Å². The van der Waals surface area contributed by atoms with Crippen LogP contribution >= 0.6 is 0 Å². The van der Waals surface area contributed by atoms with E-state index in [2.05, 4.69) is 10.3 Å². The average Bonchev–Trinajstić information content (AvgIpc) is 2.59. The van der Waals surface area contributed by atoms with E-state index in [0.717, 1.165) is 5.56 Å². The lowest BCUT2D eigenvalue weighted by Gasteiger charge is -2.19. The largest absolute Gasteiger partial charge is 0.391 e. The van der Waals surface area contributed by atoms with Crippen molar-refractivity contribution >= 4 is 11.8 Å². The summed E-state index contributed by atoms with van der Waals surface area (Å²) >= 11 is 0. The van der Waals surface area contributed by atoms with Crippen molar-refractivity contribution in [3.05, 3.63) is 54.2 Å². The lowest BCUT2D eigenvalue weighted by molar-refractivity contribution is -0.133. The van der Waals surface area contributed by atoms with Crippen molar-refractivity contribution in [2.45, 2.75) is 19.1 Å². The van der Waals surface area contributed by atoms with E-state index in [1.54, 1.807) is 12.1 Å². The summed E-state index contributed by atoms with van der Waals surface area (Å²) in [7, 11) is 0. The minimum Gasteiger partial charge on any atom is -0.391 e. The van der Waals surface area contributed by atoms with Crippen LogP contribution in [0, 0.1) is 0 Å². The number of pyridine rings is 1. The van der Waals surface area contributed by atoms with E-state index in [9.17, 15) is 14.7 Å². The van der Waals surface area contributed by atoms with Crippen molar-refractivity contribution in [1.82, 2.24) is 15.8 Å². The SMILES string of the molecule is C[C@@H](O)[C@H](NC(=O)c1cccc(-c2ccccc2)n1)C(=O)NO. The number of aromatic nitrogens is 1. The molecule has 0 aliphatic heterocycles. The highest BCUT2D eigenvalue weighted by atomic mass is 16.5. The van der Waals surface area contributed by atoms with Gasteiger partial charge in [0.15, 0.2) is 0 Å². The molecule has 0 spiro atoms. The van der Waals surface area contributed by atoms with Crippen LogP contribution in [0.3, 0.4) is 0 Å². The molecular formula is C16H17N3O4. The highest BCUT2D eigenvalue weighted by Crippen LogP contribution is 2.16. The lowest BCUT2D eigenvalue weighted by atomic mass is 10.1. The van der Waals surface area contributed by atoms with Gasteiger partial charge in [-0.15, -0.1) is 0 Å². The molecule has 1 heterocycles. The van der Waals surface area contributed by atoms with Crippen LogP contribution in [0.1, 0.15) is 17.4 Å². The first kappa shape index (κ1) is 16.6. The molecule has 120 valence electrons. The van der Waals surface area contributed by atoms with Gasteiger partial charge < -0.3 is 10.4 Å². The molecule has 2 atom stereocenters. The zero-order valence-electron chi connectivity index (χ0n) is 12.4. The van der Waals surface area contributed by atoms with Crippen LogP contribution < -0.4 is 10.8 Å². The number of hydrogen-bond acceptors (Lipinski definition) is 5. The molecule has 1 aromatic heterocycles. The second-order valence-corrected chi connectivity index (χ2v) is 4.94. The van der Waals surface area contributed by atoms with Crippen LogP contribution in [0.15, 0.2) is 48.5 Å². The number of carbonyl (C=O) groups excluding carboxylic acids is 2. The summed E-state index contributed by atoms with van der Waals surface area (Å²) in [5.74, 6) is -1.54. The fourth-order valence-electron chi connectivity index (χ4n) is 2.02. The predicted octanol–water partition coefficient (Wildman–Crippen LogP) is 0.733. The topological polar surface area (TPSA) is 112 Å². The van der Waals surface area contributed by atoms with Gasteiger partial charge in [-0.05, 0) is 19.1 Å². The molecule has 0 aliphatic carbocycles. The third-order valence-corrected chi connectivity index (χ3v) is 3.21. The predicted molar refractivity (Wildman–Crippen MR) is 82.5 cm³/mol. The van der Waals surface area contributed by atoms with E-state index >= 15 is 0 Å². The third-order valence-electron chi connectivity index (χ3n) is 3.21. The molecule has 0 aliphatic rings. The summed E-state index contributed by atoms with van der Waals surface area (Å²) in [6.45, 7) is 1.33. The second-order valence-electron chi connectivity index (χ2n) is 4.94. The Morgan fingerprint density at radius 3 is 2.39 bits per heavy atom. The average molecular weight is 315 g/mol. The van der Waals surface area contributed by atoms with Gasteiger partial charge in [0.1, 0.15) is 11.7 Å². The number of hydrogen-bond donors (Lipinski definition) is 4. The maximum absolute atomic E-state index is 12.2. The van der Waals surface area contributed by atoms with Gasteiger partial charge in [-0.3, -0.25) is 14.8 Å². The first-order valence-electron chi connectivity index (χ1n) is 6.98. The maximum atomic E-state index is 12.2. The van der Waals surface area contributed by atoms with Crippen LogP contribution in [0.2, 0.25) is 0 Å². The first-order chi connectivity index (χ1) is 11.0. The molecule has 2 rings (SSSR count). The van der Waals surface area contributed by atoms with Crippen molar-refractivity contribution < 1.29 is 19.9 Å². The molecule has 7 nitrogen and oxygen atoms in total. The Bertz CT molecular complexity index is 689. The van der Waals surface area contributed by atoms with E-state index < -0.39 is 24.0 Å². The van der Waals surface area contributed by atoms with E-state index in [4.69, 9.17) is 5.21 Å². The Morgan fingerprint density at radius 1 is 1.09 bits per heavy atom. The molecule has 1 aromatic carbocycles. The number of benzene rings is 1. The second kappa shape index (κ2) is 7.48. The molecule has 0 bridgehead atoms. The number of aliphatic hydroxyl groups excluding tert-OH is 1. The minimum absolute atomic E-state index is 0.0998. The van der Waals surface area contributed by atoms with Crippen molar-refractivity contribution in [3.63, 3.8) is 0 Å². The normalized spacial score (nSPS) is 13.0. The van der Waals surface area contributed by atoms with E-state index in [1.807, 2.05) is 30.3 Å². The molecular weight excluding hydrogens is 298 g/mol. The highest BCUT2D eigenvalue weighted by molar-refractivity contribution is 5.96. The maximum Gasteiger partial charge on any atom is 0.270 e. The molecule has 2 aromatic rings. The number of amides is 2. The molecule has 2 amide bonds. The van der Waals surface area contributed by atoms with Gasteiger partial charge in [0.25, 0.3) is 11.8 Å². The highest BCUT2D eigenvalue weighted by Gasteiger charge is 2.26. The number of nitrogens with one attached hydrogen (secondary N) is 2. The van der Waals surface area contributed by atoms with Crippen molar-refractivity contribution in [2.75, 3.05) is 0 Å². The standard InChI is InChI=1S/C16H17N3O4/c1-10(20)14(16(22)19-23)18-15(21)13-9-5-8-12(17-13)11-6-3-2-4-7-11/h2-10,14,20,23H,1H3,(H,18,21)(H,19,22)/t10-,14+/m1/s1. The Labute approximate surface area is 132 Å². The van der Waals surface area contributed by atoms with Crippen LogP contribution in [-0.4, -0.2) is 39.3 Å². The molecule has 0 fully saturated rings. The summed E-state index contributed by atoms with van der Waals surface area (Å²) < 4.78 is 0. The molecule has 4 N–H and O–H groups in total. The van der Waals surface area contributed by atoms with Gasteiger partial charge >= 0.3 is 0 Å². The minimum atomic E-state index is -1.28. The van der Waals surface area contributed by atoms with Crippen LogP contribution in [0.5, 0.6) is 0 Å². The molecule has 0 saturated heterocycles. The van der Waals surface area contributed by atoms with Crippen molar-refractivity contribution in [1.29, 1.82) is 0 Å². The van der Waals surface area contributed by atoms with Crippen molar-refractivity contribution in [2.24, 2.45) is 0 Å². The molecule has 23 heavy (non-hydrogen) atoms. The number of rotatable bonds is 5. The Hall–Kier alpha value is -2.77. The molecule has 0 radical (unpaired) electrons. The van der Waals surface area contributed by atoms with Gasteiger partial charge in [0.2, 0.25) is 0 Å². The fourth-order valence-corrected chi connectivity index (χ4v) is 2.02. The lowest BCUT2D eigenvalue weighted by Crippen LogP contribution is -2.51. The Morgan fingerprint density at radius 2 is 1.78 bits per heavy atom. The summed E-state index contributed by atoms with van der Waals surface area (Å²) in [5.41, 5.74) is 2.97. The molecule has 0 unspecified atom stereocenters. The van der Waals surface area contributed by atoms with Gasteiger partial charge in [-0.2, -0.15) is 0 Å². The van der Waals surface area contributed by atoms with Crippen LogP contribution in [0.25, 0.3) is 11.3 Å². The van der Waals surface area contributed by atoms with Crippen LogP contribution in [0.4, 0.5) is 0 Å². The smallest absolute Gasteiger partial charge is 0.270 e. The fraction of sp³-hybridized carbons (Fsp3) is 0.188. The summed E-state index contributed by atoms with van der Waals surface area (Å²) in [5, 5.41) is 20.5. The van der Waals surface area contributed by atoms with E-state index in [1.165, 1.54) is 18.5 Å². The van der Waals surface area contributed by atoms with Crippen molar-refractivity contribution in [3.8, 4) is 11.3 Å². The molecule has 7 heteroatoms. The molecule has 0 saturated carbocycles. The quantitative estimate of drug-likeness (QED) is 0.480. The number of aliphatic hydroxyl groups is 1. The number of carbonyl (C=O) groups is 2. The summed E-state index contributed by atoms with van der Waals surface area (Å²) in [6, 6.07) is 13.0. The Kier molecular flexibility index (Phi) is 5.40. The zero-order chi connectivity index (χ0) is 16.8. The summed E-state index contributed by atoms with van der Waals surface area (Å²) in [6.07, 6.45) is -1.18. The monoisotopic (exact) mass is 315 g/mol. The van der Waals surface area contributed by atoms with Gasteiger partial charge in [-0.25, -0.2) is 10.5 Å². The Balaban J connectivity index is 2.21. The van der Waals surface area contributed by atoms with Crippen LogP contribution in [-0.2, 0) is 4.79 Å². The van der Waals surface area contributed by atoms with Gasteiger partial charge in [0.05, 0.1) is 11.8 Å². The zero-order valence-corrected chi connectivity index (χ0v) is 12.4. The number of hydroxylamine groups is 1. The third kappa shape index (κ3) is 4.12. The number of nitrogens with zero attached hydrogens (tertiary/aromatic N) is 1. The van der Waals surface area contributed by atoms with E-state index in [0.29, 0.717) is 5.69 Å². The van der Waals surface area contributed by atoms with Gasteiger partial charge in [-0.1, -0.05) is 36.4 Å². The van der Waals surface area contributed by atoms with Gasteiger partial charge in [0, 0.05) is 5.56 Å². The first-order valence-corrected chi connectivity index (χ1v) is 6.98.